The number of benzene rings is 1. The highest BCUT2D eigenvalue weighted by atomic mass is 32.2. The van der Waals surface area contributed by atoms with Crippen molar-refractivity contribution in [3.63, 3.8) is 0 Å². The van der Waals surface area contributed by atoms with E-state index in [9.17, 15) is 18.0 Å². The molecule has 0 bridgehead atoms. The van der Waals surface area contributed by atoms with E-state index in [1.54, 1.807) is 0 Å². The first-order chi connectivity index (χ1) is 10.3. The van der Waals surface area contributed by atoms with E-state index in [2.05, 4.69) is 10.1 Å². The first-order valence-electron chi connectivity index (χ1n) is 6.68. The maximum Gasteiger partial charge on any atom is 0.339 e. The molecule has 0 saturated carbocycles. The van der Waals surface area contributed by atoms with Gasteiger partial charge in [0.1, 0.15) is 6.10 Å². The summed E-state index contributed by atoms with van der Waals surface area (Å²) >= 11 is 0. The number of hydrogen-bond acceptors (Lipinski definition) is 6. The van der Waals surface area contributed by atoms with Crippen LogP contribution < -0.4 is 5.32 Å². The van der Waals surface area contributed by atoms with Gasteiger partial charge in [-0.15, -0.1) is 0 Å². The van der Waals surface area contributed by atoms with Gasteiger partial charge in [0.05, 0.1) is 23.3 Å². The number of methoxy groups -OCH3 is 1. The van der Waals surface area contributed by atoms with Gasteiger partial charge in [0.15, 0.2) is 9.84 Å². The lowest BCUT2D eigenvalue weighted by atomic mass is 10.1. The van der Waals surface area contributed by atoms with E-state index in [4.69, 9.17) is 4.74 Å². The van der Waals surface area contributed by atoms with Crippen LogP contribution in [0.4, 0.5) is 5.69 Å². The first-order valence-corrected chi connectivity index (χ1v) is 8.57. The Kier molecular flexibility index (Phi) is 4.82. The lowest BCUT2D eigenvalue weighted by molar-refractivity contribution is -0.124. The van der Waals surface area contributed by atoms with Crippen LogP contribution in [0.3, 0.4) is 0 Å². The van der Waals surface area contributed by atoms with Crippen molar-refractivity contribution < 1.29 is 27.5 Å². The van der Waals surface area contributed by atoms with E-state index < -0.39 is 27.8 Å². The monoisotopic (exact) mass is 327 g/mol. The zero-order valence-electron chi connectivity index (χ0n) is 12.3. The Balaban J connectivity index is 2.36. The van der Waals surface area contributed by atoms with Crippen LogP contribution in [0.5, 0.6) is 0 Å². The second-order valence-corrected chi connectivity index (χ2v) is 6.98. The summed E-state index contributed by atoms with van der Waals surface area (Å²) in [6.45, 7) is 0.505. The molecule has 7 nitrogen and oxygen atoms in total. The molecule has 1 aromatic carbocycles. The highest BCUT2D eigenvalue weighted by Gasteiger charge is 2.25. The molecular weight excluding hydrogens is 310 g/mol. The number of rotatable bonds is 4. The standard InChI is InChI=1S/C14H17NO6S/c1-20-14(17)10-6-5-9(22(2,18)19)8-11(10)15-13(16)12-4-3-7-21-12/h5-6,8,12H,3-4,7H2,1-2H3,(H,15,16). The summed E-state index contributed by atoms with van der Waals surface area (Å²) in [5.74, 6) is -1.07. The summed E-state index contributed by atoms with van der Waals surface area (Å²) in [4.78, 5) is 23.8. The predicted octanol–water partition coefficient (Wildman–Crippen LogP) is 0.994. The van der Waals surface area contributed by atoms with Crippen LogP contribution in [-0.4, -0.2) is 46.4 Å². The molecule has 1 fully saturated rings. The van der Waals surface area contributed by atoms with Crippen molar-refractivity contribution in [3.05, 3.63) is 23.8 Å². The SMILES string of the molecule is COC(=O)c1ccc(S(C)(=O)=O)cc1NC(=O)C1CCCO1. The van der Waals surface area contributed by atoms with E-state index in [-0.39, 0.29) is 16.1 Å². The number of nitrogens with one attached hydrogen (secondary N) is 1. The smallest absolute Gasteiger partial charge is 0.339 e. The molecule has 1 heterocycles. The average molecular weight is 327 g/mol. The lowest BCUT2D eigenvalue weighted by Crippen LogP contribution is -2.28. The van der Waals surface area contributed by atoms with Gasteiger partial charge in [0.2, 0.25) is 0 Å². The van der Waals surface area contributed by atoms with Crippen LogP contribution >= 0.6 is 0 Å². The topological polar surface area (TPSA) is 98.8 Å². The van der Waals surface area contributed by atoms with Crippen molar-refractivity contribution >= 4 is 27.4 Å². The number of anilines is 1. The molecule has 22 heavy (non-hydrogen) atoms. The van der Waals surface area contributed by atoms with E-state index in [0.717, 1.165) is 12.7 Å². The molecule has 8 heteroatoms. The summed E-state index contributed by atoms with van der Waals surface area (Å²) in [6.07, 6.45) is 1.83. The Bertz CT molecular complexity index is 691. The Morgan fingerprint density at radius 1 is 1.36 bits per heavy atom. The fourth-order valence-corrected chi connectivity index (χ4v) is 2.79. The maximum atomic E-state index is 12.1. The second-order valence-electron chi connectivity index (χ2n) is 4.96. The molecule has 0 aromatic heterocycles. The van der Waals surface area contributed by atoms with Crippen LogP contribution in [0.1, 0.15) is 23.2 Å². The number of ether oxygens (including phenoxy) is 2. The summed E-state index contributed by atoms with van der Waals surface area (Å²) < 4.78 is 33.2. The van der Waals surface area contributed by atoms with Crippen molar-refractivity contribution in [2.75, 3.05) is 25.3 Å². The summed E-state index contributed by atoms with van der Waals surface area (Å²) in [5.41, 5.74) is 0.177. The van der Waals surface area contributed by atoms with Crippen LogP contribution in [-0.2, 0) is 24.1 Å². The van der Waals surface area contributed by atoms with Crippen LogP contribution in [0.15, 0.2) is 23.1 Å². The number of esters is 1. The largest absolute Gasteiger partial charge is 0.465 e. The highest BCUT2D eigenvalue weighted by molar-refractivity contribution is 7.90. The Labute approximate surface area is 128 Å². The molecule has 1 aromatic rings. The fourth-order valence-electron chi connectivity index (χ4n) is 2.14. The normalized spacial score (nSPS) is 18.0. The quantitative estimate of drug-likeness (QED) is 0.828. The molecule has 120 valence electrons. The van der Waals surface area contributed by atoms with Gasteiger partial charge in [-0.2, -0.15) is 0 Å². The molecule has 1 amide bonds. The number of hydrogen-bond donors (Lipinski definition) is 1. The number of amides is 1. The van der Waals surface area contributed by atoms with E-state index >= 15 is 0 Å². The van der Waals surface area contributed by atoms with Gasteiger partial charge in [-0.25, -0.2) is 13.2 Å². The maximum absolute atomic E-state index is 12.1. The van der Waals surface area contributed by atoms with Crippen LogP contribution in [0.2, 0.25) is 0 Å². The number of carbonyl (C=O) groups is 2. The molecule has 1 unspecified atom stereocenters. The van der Waals surface area contributed by atoms with Crippen molar-refractivity contribution in [1.82, 2.24) is 0 Å². The summed E-state index contributed by atoms with van der Waals surface area (Å²) in [5, 5.41) is 2.55. The predicted molar refractivity (Wildman–Crippen MR) is 78.5 cm³/mol. The van der Waals surface area contributed by atoms with E-state index in [1.165, 1.54) is 25.3 Å². The third-order valence-electron chi connectivity index (χ3n) is 3.30. The molecule has 1 aliphatic heterocycles. The zero-order valence-corrected chi connectivity index (χ0v) is 13.1. The molecule has 1 N–H and O–H groups in total. The van der Waals surface area contributed by atoms with Gasteiger partial charge in [0, 0.05) is 12.9 Å². The third kappa shape index (κ3) is 3.63. The minimum Gasteiger partial charge on any atom is -0.465 e. The lowest BCUT2D eigenvalue weighted by Gasteiger charge is -2.14. The minimum absolute atomic E-state index is 0.00259. The molecule has 2 rings (SSSR count). The zero-order chi connectivity index (χ0) is 16.3. The molecule has 1 saturated heterocycles. The van der Waals surface area contributed by atoms with Crippen LogP contribution in [0, 0.1) is 0 Å². The van der Waals surface area contributed by atoms with Crippen molar-refractivity contribution in [2.45, 2.75) is 23.8 Å². The van der Waals surface area contributed by atoms with Gasteiger partial charge >= 0.3 is 5.97 Å². The molecule has 1 atom stereocenters. The van der Waals surface area contributed by atoms with E-state index in [0.29, 0.717) is 13.0 Å². The Morgan fingerprint density at radius 3 is 2.64 bits per heavy atom. The molecular formula is C14H17NO6S. The van der Waals surface area contributed by atoms with Gasteiger partial charge in [-0.1, -0.05) is 0 Å². The summed E-state index contributed by atoms with van der Waals surface area (Å²) in [6, 6.07) is 3.85. The molecule has 1 aliphatic rings. The van der Waals surface area contributed by atoms with Gasteiger partial charge in [0.25, 0.3) is 5.91 Å². The minimum atomic E-state index is -3.46. The number of carbonyl (C=O) groups excluding carboxylic acids is 2. The van der Waals surface area contributed by atoms with Crippen molar-refractivity contribution in [1.29, 1.82) is 0 Å². The third-order valence-corrected chi connectivity index (χ3v) is 4.41. The first kappa shape index (κ1) is 16.4. The average Bonchev–Trinajstić information content (AvgIpc) is 2.99. The molecule has 0 aliphatic carbocycles. The molecule has 0 spiro atoms. The Morgan fingerprint density at radius 2 is 2.09 bits per heavy atom. The van der Waals surface area contributed by atoms with Crippen molar-refractivity contribution in [3.8, 4) is 0 Å². The van der Waals surface area contributed by atoms with Gasteiger partial charge in [-0.05, 0) is 31.0 Å². The fraction of sp³-hybridized carbons (Fsp3) is 0.429. The summed E-state index contributed by atoms with van der Waals surface area (Å²) in [7, 11) is -2.26. The molecule has 0 radical (unpaired) electrons. The number of sulfone groups is 1. The van der Waals surface area contributed by atoms with E-state index in [1.807, 2.05) is 0 Å². The second kappa shape index (κ2) is 6.45. The van der Waals surface area contributed by atoms with Gasteiger partial charge in [-0.3, -0.25) is 4.79 Å². The van der Waals surface area contributed by atoms with Crippen LogP contribution in [0.25, 0.3) is 0 Å². The highest BCUT2D eigenvalue weighted by Crippen LogP contribution is 2.23. The Hall–Kier alpha value is -1.93. The van der Waals surface area contributed by atoms with Gasteiger partial charge < -0.3 is 14.8 Å². The van der Waals surface area contributed by atoms with Crippen molar-refractivity contribution in [2.24, 2.45) is 0 Å².